The predicted octanol–water partition coefficient (Wildman–Crippen LogP) is 2.56. The molecule has 2 heterocycles. The summed E-state index contributed by atoms with van der Waals surface area (Å²) in [7, 11) is -3.71. The SMILES string of the molecule is NS(=O)(=O)c1ccc(CCNC(=O)c2ccc(N3CCC(Cc4ccccc4)CC3)nn2)cc1. The van der Waals surface area contributed by atoms with Gasteiger partial charge < -0.3 is 10.2 Å². The molecule has 1 aliphatic heterocycles. The van der Waals surface area contributed by atoms with Crippen molar-refractivity contribution < 1.29 is 13.2 Å². The van der Waals surface area contributed by atoms with Gasteiger partial charge in [-0.15, -0.1) is 10.2 Å². The number of benzene rings is 2. The van der Waals surface area contributed by atoms with Crippen molar-refractivity contribution in [2.45, 2.75) is 30.6 Å². The first kappa shape index (κ1) is 23.8. The molecule has 178 valence electrons. The summed E-state index contributed by atoms with van der Waals surface area (Å²) >= 11 is 0. The Morgan fingerprint density at radius 2 is 1.65 bits per heavy atom. The minimum atomic E-state index is -3.71. The summed E-state index contributed by atoms with van der Waals surface area (Å²) in [6.07, 6.45) is 3.88. The number of rotatable bonds is 8. The van der Waals surface area contributed by atoms with E-state index >= 15 is 0 Å². The number of primary sulfonamides is 1. The maximum Gasteiger partial charge on any atom is 0.271 e. The van der Waals surface area contributed by atoms with Crippen molar-refractivity contribution >= 4 is 21.7 Å². The number of aromatic nitrogens is 2. The van der Waals surface area contributed by atoms with Gasteiger partial charge in [0.05, 0.1) is 4.90 Å². The molecule has 0 atom stereocenters. The second-order valence-corrected chi connectivity index (χ2v) is 10.2. The smallest absolute Gasteiger partial charge is 0.271 e. The quantitative estimate of drug-likeness (QED) is 0.513. The van der Waals surface area contributed by atoms with E-state index in [1.807, 2.05) is 12.1 Å². The summed E-state index contributed by atoms with van der Waals surface area (Å²) in [5.41, 5.74) is 2.55. The van der Waals surface area contributed by atoms with E-state index in [4.69, 9.17) is 5.14 Å². The lowest BCUT2D eigenvalue weighted by Gasteiger charge is -2.32. The van der Waals surface area contributed by atoms with Gasteiger partial charge in [0.15, 0.2) is 11.5 Å². The molecule has 0 saturated carbocycles. The highest BCUT2D eigenvalue weighted by Gasteiger charge is 2.21. The molecule has 2 aromatic carbocycles. The van der Waals surface area contributed by atoms with Gasteiger partial charge in [-0.1, -0.05) is 42.5 Å². The molecule has 34 heavy (non-hydrogen) atoms. The van der Waals surface area contributed by atoms with Crippen molar-refractivity contribution in [3.05, 3.63) is 83.6 Å². The minimum Gasteiger partial charge on any atom is -0.355 e. The summed E-state index contributed by atoms with van der Waals surface area (Å²) in [5.74, 6) is 1.18. The Morgan fingerprint density at radius 3 is 2.26 bits per heavy atom. The molecule has 0 radical (unpaired) electrons. The molecule has 1 aromatic heterocycles. The zero-order valence-electron chi connectivity index (χ0n) is 18.9. The van der Waals surface area contributed by atoms with E-state index < -0.39 is 10.0 Å². The number of carbonyl (C=O) groups is 1. The molecular formula is C25H29N5O3S. The van der Waals surface area contributed by atoms with Gasteiger partial charge in [0.1, 0.15) is 0 Å². The van der Waals surface area contributed by atoms with Gasteiger partial charge in [-0.05, 0) is 67.0 Å². The Balaban J connectivity index is 1.23. The Morgan fingerprint density at radius 1 is 0.941 bits per heavy atom. The summed E-state index contributed by atoms with van der Waals surface area (Å²) in [6.45, 7) is 2.26. The van der Waals surface area contributed by atoms with E-state index in [1.165, 1.54) is 17.7 Å². The monoisotopic (exact) mass is 479 g/mol. The maximum absolute atomic E-state index is 12.4. The molecule has 0 aliphatic carbocycles. The second-order valence-electron chi connectivity index (χ2n) is 8.59. The normalized spacial score (nSPS) is 14.7. The summed E-state index contributed by atoms with van der Waals surface area (Å²) in [5, 5.41) is 16.3. The Hall–Kier alpha value is -3.30. The number of nitrogens with zero attached hydrogens (tertiary/aromatic N) is 3. The molecule has 0 bridgehead atoms. The number of piperidine rings is 1. The summed E-state index contributed by atoms with van der Waals surface area (Å²) in [4.78, 5) is 14.7. The van der Waals surface area contributed by atoms with Gasteiger partial charge >= 0.3 is 0 Å². The summed E-state index contributed by atoms with van der Waals surface area (Å²) in [6, 6.07) is 20.4. The van der Waals surface area contributed by atoms with Crippen molar-refractivity contribution in [1.29, 1.82) is 0 Å². The van der Waals surface area contributed by atoms with Crippen LogP contribution in [0.4, 0.5) is 5.82 Å². The first-order valence-corrected chi connectivity index (χ1v) is 13.0. The Bertz CT molecular complexity index is 1190. The lowest BCUT2D eigenvalue weighted by atomic mass is 9.90. The van der Waals surface area contributed by atoms with Crippen molar-refractivity contribution in [2.24, 2.45) is 11.1 Å². The average molecular weight is 480 g/mol. The van der Waals surface area contributed by atoms with Gasteiger partial charge in [0.2, 0.25) is 10.0 Å². The van der Waals surface area contributed by atoms with Gasteiger partial charge in [-0.25, -0.2) is 13.6 Å². The average Bonchev–Trinajstić information content (AvgIpc) is 2.85. The van der Waals surface area contributed by atoms with Gasteiger partial charge in [-0.3, -0.25) is 4.79 Å². The molecule has 0 unspecified atom stereocenters. The van der Waals surface area contributed by atoms with E-state index in [0.29, 0.717) is 18.9 Å². The van der Waals surface area contributed by atoms with Crippen LogP contribution in [-0.2, 0) is 22.9 Å². The van der Waals surface area contributed by atoms with E-state index in [1.54, 1.807) is 18.2 Å². The number of hydrogen-bond donors (Lipinski definition) is 2. The van der Waals surface area contributed by atoms with Gasteiger partial charge in [0, 0.05) is 19.6 Å². The lowest BCUT2D eigenvalue weighted by Crippen LogP contribution is -2.35. The van der Waals surface area contributed by atoms with Crippen LogP contribution < -0.4 is 15.4 Å². The number of hydrogen-bond acceptors (Lipinski definition) is 6. The fourth-order valence-corrected chi connectivity index (χ4v) is 4.70. The zero-order chi connectivity index (χ0) is 24.0. The molecule has 9 heteroatoms. The van der Waals surface area contributed by atoms with Crippen LogP contribution in [0.5, 0.6) is 0 Å². The first-order valence-electron chi connectivity index (χ1n) is 11.4. The molecule has 3 aromatic rings. The van der Waals surface area contributed by atoms with Gasteiger partial charge in [0.25, 0.3) is 5.91 Å². The van der Waals surface area contributed by atoms with Crippen LogP contribution in [0, 0.1) is 5.92 Å². The molecule has 1 amide bonds. The largest absolute Gasteiger partial charge is 0.355 e. The maximum atomic E-state index is 12.4. The third-order valence-electron chi connectivity index (χ3n) is 6.14. The van der Waals surface area contributed by atoms with Crippen molar-refractivity contribution in [1.82, 2.24) is 15.5 Å². The van der Waals surface area contributed by atoms with Crippen molar-refractivity contribution in [2.75, 3.05) is 24.5 Å². The molecule has 8 nitrogen and oxygen atoms in total. The standard InChI is InChI=1S/C25H29N5O3S/c26-34(32,33)22-8-6-19(7-9-22)12-15-27-25(31)23-10-11-24(29-28-23)30-16-13-21(14-17-30)18-20-4-2-1-3-5-20/h1-11,21H,12-18H2,(H,27,31)(H2,26,32,33). The highest BCUT2D eigenvalue weighted by Crippen LogP contribution is 2.24. The number of nitrogens with one attached hydrogen (secondary N) is 1. The predicted molar refractivity (Wildman–Crippen MR) is 131 cm³/mol. The second kappa shape index (κ2) is 10.8. The Labute approximate surface area is 200 Å². The number of amides is 1. The van der Waals surface area contributed by atoms with Crippen LogP contribution in [0.15, 0.2) is 71.6 Å². The fourth-order valence-electron chi connectivity index (χ4n) is 4.19. The van der Waals surface area contributed by atoms with Crippen LogP contribution >= 0.6 is 0 Å². The van der Waals surface area contributed by atoms with E-state index in [-0.39, 0.29) is 16.5 Å². The van der Waals surface area contributed by atoms with Crippen LogP contribution in [0.25, 0.3) is 0 Å². The van der Waals surface area contributed by atoms with Crippen molar-refractivity contribution in [3.8, 4) is 0 Å². The summed E-state index contributed by atoms with van der Waals surface area (Å²) < 4.78 is 22.6. The number of carbonyl (C=O) groups excluding carboxylic acids is 1. The van der Waals surface area contributed by atoms with Crippen LogP contribution in [0.3, 0.4) is 0 Å². The first-order chi connectivity index (χ1) is 16.4. The van der Waals surface area contributed by atoms with Crippen LogP contribution in [0.1, 0.15) is 34.5 Å². The number of anilines is 1. The molecule has 1 fully saturated rings. The molecule has 1 aliphatic rings. The molecule has 1 saturated heterocycles. The molecule has 3 N–H and O–H groups in total. The topological polar surface area (TPSA) is 118 Å². The molecule has 4 rings (SSSR count). The fraction of sp³-hybridized carbons (Fsp3) is 0.320. The zero-order valence-corrected chi connectivity index (χ0v) is 19.7. The number of sulfonamides is 1. The Kier molecular flexibility index (Phi) is 7.54. The van der Waals surface area contributed by atoms with Gasteiger partial charge in [-0.2, -0.15) is 0 Å². The third-order valence-corrected chi connectivity index (χ3v) is 7.07. The van der Waals surface area contributed by atoms with E-state index in [9.17, 15) is 13.2 Å². The van der Waals surface area contributed by atoms with Crippen LogP contribution in [0.2, 0.25) is 0 Å². The van der Waals surface area contributed by atoms with Crippen LogP contribution in [-0.4, -0.2) is 44.2 Å². The number of nitrogens with two attached hydrogens (primary N) is 1. The highest BCUT2D eigenvalue weighted by molar-refractivity contribution is 7.89. The minimum absolute atomic E-state index is 0.0658. The van der Waals surface area contributed by atoms with Crippen molar-refractivity contribution in [3.63, 3.8) is 0 Å². The third kappa shape index (κ3) is 6.39. The van der Waals surface area contributed by atoms with E-state index in [0.717, 1.165) is 43.7 Å². The molecular weight excluding hydrogens is 450 g/mol. The highest BCUT2D eigenvalue weighted by atomic mass is 32.2. The lowest BCUT2D eigenvalue weighted by molar-refractivity contribution is 0.0948. The van der Waals surface area contributed by atoms with E-state index in [2.05, 4.69) is 44.7 Å². The molecule has 0 spiro atoms.